The van der Waals surface area contributed by atoms with Gasteiger partial charge in [0.2, 0.25) is 0 Å². The first-order chi connectivity index (χ1) is 8.56. The second kappa shape index (κ2) is 5.62. The number of nitrogens with one attached hydrogen (secondary N) is 2. The van der Waals surface area contributed by atoms with Crippen LogP contribution in [0.5, 0.6) is 0 Å². The Hall–Kier alpha value is -1.21. The van der Waals surface area contributed by atoms with Crippen molar-refractivity contribution in [2.75, 3.05) is 37.0 Å². The molecule has 1 aromatic rings. The zero-order valence-electron chi connectivity index (χ0n) is 10.4. The number of sulfone groups is 1. The van der Waals surface area contributed by atoms with Crippen molar-refractivity contribution in [3.8, 4) is 0 Å². The molecule has 0 unspecified atom stereocenters. The highest BCUT2D eigenvalue weighted by atomic mass is 32.2. The third kappa shape index (κ3) is 3.64. The lowest BCUT2D eigenvalue weighted by molar-refractivity contribution is 0.602. The topological polar surface area (TPSA) is 84.0 Å². The summed E-state index contributed by atoms with van der Waals surface area (Å²) in [5.41, 5.74) is 2.16. The van der Waals surface area contributed by atoms with E-state index in [1.165, 1.54) is 12.6 Å². The normalized spacial score (nSPS) is 15.8. The fraction of sp³-hybridized carbons (Fsp3) is 0.636. The van der Waals surface area contributed by atoms with Gasteiger partial charge in [-0.3, -0.25) is 0 Å². The lowest BCUT2D eigenvalue weighted by atomic mass is 10.1. The molecule has 0 spiro atoms. The maximum Gasteiger partial charge on any atom is 0.149 e. The average molecular weight is 270 g/mol. The Kier molecular flexibility index (Phi) is 4.13. The highest BCUT2D eigenvalue weighted by Crippen LogP contribution is 2.17. The molecule has 2 heterocycles. The van der Waals surface area contributed by atoms with E-state index in [2.05, 4.69) is 20.6 Å². The first-order valence-electron chi connectivity index (χ1n) is 6.01. The van der Waals surface area contributed by atoms with Crippen molar-refractivity contribution in [3.05, 3.63) is 17.6 Å². The fourth-order valence-corrected chi connectivity index (χ4v) is 2.45. The number of hydrogen-bond donors (Lipinski definition) is 2. The number of rotatable bonds is 4. The molecule has 0 fully saturated rings. The first kappa shape index (κ1) is 13.2. The summed E-state index contributed by atoms with van der Waals surface area (Å²) >= 11 is 0. The standard InChI is InChI=1S/C11H18N4O2S/c1-18(16,17)7-6-13-11-9-2-4-12-5-3-10(9)14-8-15-11/h8,12H,2-7H2,1H3,(H,13,14,15). The smallest absolute Gasteiger partial charge is 0.149 e. The van der Waals surface area contributed by atoms with Crippen LogP contribution in [0.2, 0.25) is 0 Å². The molecule has 0 aliphatic carbocycles. The van der Waals surface area contributed by atoms with Crippen LogP contribution in [0.3, 0.4) is 0 Å². The largest absolute Gasteiger partial charge is 0.369 e. The third-order valence-electron chi connectivity index (χ3n) is 2.89. The first-order valence-corrected chi connectivity index (χ1v) is 8.07. The summed E-state index contributed by atoms with van der Waals surface area (Å²) < 4.78 is 22.2. The fourth-order valence-electron chi connectivity index (χ4n) is 1.98. The van der Waals surface area contributed by atoms with Crippen molar-refractivity contribution < 1.29 is 8.42 Å². The van der Waals surface area contributed by atoms with Gasteiger partial charge in [0, 0.05) is 31.3 Å². The van der Waals surface area contributed by atoms with Crippen LogP contribution in [0.1, 0.15) is 11.3 Å². The summed E-state index contributed by atoms with van der Waals surface area (Å²) in [6, 6.07) is 0. The molecule has 1 aromatic heterocycles. The number of anilines is 1. The van der Waals surface area contributed by atoms with Crippen LogP contribution in [0.15, 0.2) is 6.33 Å². The minimum absolute atomic E-state index is 0.115. The molecule has 1 aliphatic heterocycles. The maximum atomic E-state index is 11.1. The SMILES string of the molecule is CS(=O)(=O)CCNc1ncnc2c1CCNCC2. The Morgan fingerprint density at radius 1 is 1.33 bits per heavy atom. The summed E-state index contributed by atoms with van der Waals surface area (Å²) in [6.07, 6.45) is 4.53. The molecule has 0 bridgehead atoms. The van der Waals surface area contributed by atoms with Gasteiger partial charge in [-0.2, -0.15) is 0 Å². The Bertz CT molecular complexity index is 516. The van der Waals surface area contributed by atoms with E-state index in [9.17, 15) is 8.42 Å². The summed E-state index contributed by atoms with van der Waals surface area (Å²) in [4.78, 5) is 8.50. The molecule has 1 aliphatic rings. The third-order valence-corrected chi connectivity index (χ3v) is 3.84. The van der Waals surface area contributed by atoms with Crippen LogP contribution in [0.25, 0.3) is 0 Å². The molecular formula is C11H18N4O2S. The lowest BCUT2D eigenvalue weighted by Gasteiger charge is -2.11. The van der Waals surface area contributed by atoms with Gasteiger partial charge in [-0.15, -0.1) is 0 Å². The average Bonchev–Trinajstić information content (AvgIpc) is 2.53. The summed E-state index contributed by atoms with van der Waals surface area (Å²) in [7, 11) is -2.94. The Morgan fingerprint density at radius 3 is 2.89 bits per heavy atom. The molecule has 0 radical (unpaired) electrons. The highest BCUT2D eigenvalue weighted by molar-refractivity contribution is 7.90. The minimum atomic E-state index is -2.94. The Labute approximate surface area is 107 Å². The van der Waals surface area contributed by atoms with E-state index < -0.39 is 9.84 Å². The monoisotopic (exact) mass is 270 g/mol. The summed E-state index contributed by atoms with van der Waals surface area (Å²) in [5.74, 6) is 0.886. The van der Waals surface area contributed by atoms with Gasteiger partial charge < -0.3 is 10.6 Å². The van der Waals surface area contributed by atoms with Gasteiger partial charge in [0.15, 0.2) is 0 Å². The number of hydrogen-bond acceptors (Lipinski definition) is 6. The molecule has 2 N–H and O–H groups in total. The van der Waals surface area contributed by atoms with Gasteiger partial charge in [0.05, 0.1) is 11.4 Å². The molecule has 7 heteroatoms. The quantitative estimate of drug-likeness (QED) is 0.776. The predicted molar refractivity (Wildman–Crippen MR) is 70.5 cm³/mol. The predicted octanol–water partition coefficient (Wildman–Crippen LogP) is -0.379. The maximum absolute atomic E-state index is 11.1. The van der Waals surface area contributed by atoms with E-state index in [1.807, 2.05) is 0 Å². The molecule has 18 heavy (non-hydrogen) atoms. The van der Waals surface area contributed by atoms with Crippen molar-refractivity contribution in [1.82, 2.24) is 15.3 Å². The second-order valence-electron chi connectivity index (χ2n) is 4.45. The molecule has 100 valence electrons. The van der Waals surface area contributed by atoms with E-state index in [0.717, 1.165) is 43.0 Å². The van der Waals surface area contributed by atoms with Gasteiger partial charge in [-0.05, 0) is 13.0 Å². The van der Waals surface area contributed by atoms with Crippen molar-refractivity contribution in [2.24, 2.45) is 0 Å². The van der Waals surface area contributed by atoms with E-state index in [4.69, 9.17) is 0 Å². The van der Waals surface area contributed by atoms with Crippen LogP contribution < -0.4 is 10.6 Å². The van der Waals surface area contributed by atoms with E-state index in [1.54, 1.807) is 0 Å². The highest BCUT2D eigenvalue weighted by Gasteiger charge is 2.14. The molecule has 0 atom stereocenters. The molecule has 0 saturated heterocycles. The molecule has 6 nitrogen and oxygen atoms in total. The van der Waals surface area contributed by atoms with E-state index in [0.29, 0.717) is 6.54 Å². The van der Waals surface area contributed by atoms with Gasteiger partial charge >= 0.3 is 0 Å². The van der Waals surface area contributed by atoms with E-state index in [-0.39, 0.29) is 5.75 Å². The van der Waals surface area contributed by atoms with Crippen LogP contribution >= 0.6 is 0 Å². The van der Waals surface area contributed by atoms with Crippen molar-refractivity contribution >= 4 is 15.7 Å². The van der Waals surface area contributed by atoms with E-state index >= 15 is 0 Å². The second-order valence-corrected chi connectivity index (χ2v) is 6.71. The van der Waals surface area contributed by atoms with Crippen molar-refractivity contribution in [3.63, 3.8) is 0 Å². The van der Waals surface area contributed by atoms with Crippen LogP contribution in [-0.4, -0.2) is 50.0 Å². The molecule has 0 amide bonds. The minimum Gasteiger partial charge on any atom is -0.369 e. The van der Waals surface area contributed by atoms with Gasteiger partial charge in [0.1, 0.15) is 22.0 Å². The van der Waals surface area contributed by atoms with Gasteiger partial charge in [0.25, 0.3) is 0 Å². The summed E-state index contributed by atoms with van der Waals surface area (Å²) in [6.45, 7) is 2.21. The van der Waals surface area contributed by atoms with Crippen molar-refractivity contribution in [2.45, 2.75) is 12.8 Å². The molecule has 2 rings (SSSR count). The number of aromatic nitrogens is 2. The Balaban J connectivity index is 2.08. The van der Waals surface area contributed by atoms with Crippen LogP contribution in [0.4, 0.5) is 5.82 Å². The van der Waals surface area contributed by atoms with Crippen molar-refractivity contribution in [1.29, 1.82) is 0 Å². The zero-order chi connectivity index (χ0) is 13.0. The van der Waals surface area contributed by atoms with Crippen LogP contribution in [-0.2, 0) is 22.7 Å². The lowest BCUT2D eigenvalue weighted by Crippen LogP contribution is -2.17. The van der Waals surface area contributed by atoms with Gasteiger partial charge in [-0.1, -0.05) is 0 Å². The summed E-state index contributed by atoms with van der Waals surface area (Å²) in [5, 5.41) is 6.41. The Morgan fingerprint density at radius 2 is 2.11 bits per heavy atom. The zero-order valence-corrected chi connectivity index (χ0v) is 11.3. The number of nitrogens with zero attached hydrogens (tertiary/aromatic N) is 2. The molecule has 0 saturated carbocycles. The van der Waals surface area contributed by atoms with Gasteiger partial charge in [-0.25, -0.2) is 18.4 Å². The molecular weight excluding hydrogens is 252 g/mol. The van der Waals surface area contributed by atoms with Crippen LogP contribution in [0, 0.1) is 0 Å². The molecule has 0 aromatic carbocycles. The number of fused-ring (bicyclic) bond motifs is 1.